The van der Waals surface area contributed by atoms with Gasteiger partial charge in [0.1, 0.15) is 10.4 Å². The van der Waals surface area contributed by atoms with E-state index in [2.05, 4.69) is 46.1 Å². The first-order chi connectivity index (χ1) is 14.2. The smallest absolute Gasteiger partial charge is 0.266 e. The number of aromatic nitrogens is 1. The number of likely N-dealkylation sites (N-methyl/N-ethyl adjacent to an activating group) is 1. The summed E-state index contributed by atoms with van der Waals surface area (Å²) in [7, 11) is 3.86. The van der Waals surface area contributed by atoms with E-state index in [9.17, 15) is 4.79 Å². The van der Waals surface area contributed by atoms with Crippen molar-refractivity contribution in [2.75, 3.05) is 45.2 Å². The Morgan fingerprint density at radius 3 is 2.48 bits per heavy atom. The molecule has 1 saturated heterocycles. The van der Waals surface area contributed by atoms with Crippen LogP contribution in [-0.2, 0) is 0 Å². The molecule has 0 unspecified atom stereocenters. The van der Waals surface area contributed by atoms with E-state index in [1.54, 1.807) is 7.11 Å². The van der Waals surface area contributed by atoms with Gasteiger partial charge in [0.25, 0.3) is 5.56 Å². The molecule has 5 nitrogen and oxygen atoms in total. The molecule has 0 atom stereocenters. The number of thiophene rings is 1. The van der Waals surface area contributed by atoms with Crippen molar-refractivity contribution in [3.8, 4) is 16.9 Å². The lowest BCUT2D eigenvalue weighted by molar-refractivity contribution is 0.313. The molecule has 1 fully saturated rings. The van der Waals surface area contributed by atoms with Gasteiger partial charge in [-0.15, -0.1) is 11.3 Å². The summed E-state index contributed by atoms with van der Waals surface area (Å²) in [6.07, 6.45) is 0. The van der Waals surface area contributed by atoms with Gasteiger partial charge in [0, 0.05) is 53.7 Å². The Morgan fingerprint density at radius 1 is 1.00 bits per heavy atom. The minimum absolute atomic E-state index is 0.0379. The van der Waals surface area contributed by atoms with Crippen LogP contribution in [0.15, 0.2) is 52.6 Å². The van der Waals surface area contributed by atoms with Gasteiger partial charge >= 0.3 is 0 Å². The average Bonchev–Trinajstić information content (AvgIpc) is 3.24. The lowest BCUT2D eigenvalue weighted by atomic mass is 9.97. The van der Waals surface area contributed by atoms with E-state index in [0.29, 0.717) is 0 Å². The predicted molar refractivity (Wildman–Crippen MR) is 122 cm³/mol. The number of aromatic amines is 1. The zero-order chi connectivity index (χ0) is 20.0. The molecule has 2 aromatic carbocycles. The topological polar surface area (TPSA) is 48.6 Å². The molecule has 6 heteroatoms. The van der Waals surface area contributed by atoms with Crippen LogP contribution in [0.5, 0.6) is 5.75 Å². The van der Waals surface area contributed by atoms with Crippen molar-refractivity contribution in [1.29, 1.82) is 0 Å². The van der Waals surface area contributed by atoms with Gasteiger partial charge in [-0.1, -0.05) is 12.1 Å². The second kappa shape index (κ2) is 7.21. The van der Waals surface area contributed by atoms with E-state index < -0.39 is 0 Å². The highest BCUT2D eigenvalue weighted by molar-refractivity contribution is 7.17. The molecule has 0 radical (unpaired) electrons. The van der Waals surface area contributed by atoms with Crippen molar-refractivity contribution in [3.05, 3.63) is 58.2 Å². The number of rotatable bonds is 3. The fraction of sp³-hybridized carbons (Fsp3) is 0.261. The first-order valence-corrected chi connectivity index (χ1v) is 10.7. The number of hydrogen-bond acceptors (Lipinski definition) is 5. The van der Waals surface area contributed by atoms with Crippen LogP contribution in [0, 0.1) is 0 Å². The number of fused-ring (bicyclic) bond motifs is 3. The summed E-state index contributed by atoms with van der Waals surface area (Å²) in [6.45, 7) is 4.26. The first-order valence-electron chi connectivity index (χ1n) is 9.80. The van der Waals surface area contributed by atoms with Crippen LogP contribution in [0.3, 0.4) is 0 Å². The van der Waals surface area contributed by atoms with Crippen LogP contribution in [0.1, 0.15) is 0 Å². The fourth-order valence-corrected chi connectivity index (χ4v) is 4.98. The summed E-state index contributed by atoms with van der Waals surface area (Å²) < 4.78 is 6.47. The second-order valence-electron chi connectivity index (χ2n) is 7.52. The molecule has 4 aromatic rings. The Morgan fingerprint density at radius 2 is 1.76 bits per heavy atom. The Hall–Kier alpha value is -2.83. The van der Waals surface area contributed by atoms with Crippen LogP contribution in [0.2, 0.25) is 0 Å². The highest BCUT2D eigenvalue weighted by atomic mass is 32.1. The van der Waals surface area contributed by atoms with E-state index in [-0.39, 0.29) is 5.56 Å². The molecule has 148 valence electrons. The molecule has 29 heavy (non-hydrogen) atoms. The molecule has 1 aliphatic rings. The number of pyridine rings is 1. The highest BCUT2D eigenvalue weighted by Crippen LogP contribution is 2.40. The maximum Gasteiger partial charge on any atom is 0.266 e. The Kier molecular flexibility index (Phi) is 4.53. The summed E-state index contributed by atoms with van der Waals surface area (Å²) in [5, 5.41) is 3.98. The minimum Gasteiger partial charge on any atom is -0.496 e. The van der Waals surface area contributed by atoms with Crippen LogP contribution in [0.25, 0.3) is 32.1 Å². The van der Waals surface area contributed by atoms with Gasteiger partial charge < -0.3 is 19.5 Å². The number of anilines is 1. The molecule has 5 rings (SSSR count). The zero-order valence-corrected chi connectivity index (χ0v) is 17.4. The van der Waals surface area contributed by atoms with Gasteiger partial charge in [0.15, 0.2) is 0 Å². The quantitative estimate of drug-likeness (QED) is 0.556. The van der Waals surface area contributed by atoms with E-state index in [1.165, 1.54) is 17.0 Å². The van der Waals surface area contributed by atoms with Gasteiger partial charge in [-0.25, -0.2) is 0 Å². The summed E-state index contributed by atoms with van der Waals surface area (Å²) in [5.74, 6) is 0.810. The van der Waals surface area contributed by atoms with Crippen molar-refractivity contribution in [2.24, 2.45) is 0 Å². The van der Waals surface area contributed by atoms with Crippen molar-refractivity contribution >= 4 is 38.0 Å². The molecule has 0 amide bonds. The standard InChI is InChI=1S/C23H23N3O2S/c1-25-10-12-26(13-11-25)16-5-3-15(4-6-16)20-19(28-2)8-7-18-21(20)17-9-14-29-22(17)23(27)24-18/h3-9,14H,10-13H2,1-2H3,(H,24,27). The van der Waals surface area contributed by atoms with Crippen LogP contribution in [-0.4, -0.2) is 50.2 Å². The van der Waals surface area contributed by atoms with E-state index in [1.807, 2.05) is 23.6 Å². The van der Waals surface area contributed by atoms with Crippen LogP contribution < -0.4 is 15.2 Å². The zero-order valence-electron chi connectivity index (χ0n) is 16.6. The number of ether oxygens (including phenoxy) is 1. The maximum atomic E-state index is 12.4. The lowest BCUT2D eigenvalue weighted by Crippen LogP contribution is -2.44. The lowest BCUT2D eigenvalue weighted by Gasteiger charge is -2.34. The Labute approximate surface area is 173 Å². The normalized spacial score (nSPS) is 15.3. The number of nitrogens with zero attached hydrogens (tertiary/aromatic N) is 2. The van der Waals surface area contributed by atoms with Crippen molar-refractivity contribution in [2.45, 2.75) is 0 Å². The molecule has 3 heterocycles. The average molecular weight is 406 g/mol. The van der Waals surface area contributed by atoms with E-state index in [0.717, 1.165) is 64.0 Å². The molecule has 1 N–H and O–H groups in total. The molecule has 2 aromatic heterocycles. The second-order valence-corrected chi connectivity index (χ2v) is 8.44. The number of nitrogens with one attached hydrogen (secondary N) is 1. The van der Waals surface area contributed by atoms with E-state index in [4.69, 9.17) is 4.74 Å². The SMILES string of the molecule is COc1ccc2[nH]c(=O)c3sccc3c2c1-c1ccc(N2CCN(C)CC2)cc1. The Balaban J connectivity index is 1.66. The Bertz CT molecular complexity index is 1230. The predicted octanol–water partition coefficient (Wildman–Crippen LogP) is 4.17. The summed E-state index contributed by atoms with van der Waals surface area (Å²) >= 11 is 1.47. The molecule has 0 aliphatic carbocycles. The van der Waals surface area contributed by atoms with Gasteiger partial charge in [0.05, 0.1) is 7.11 Å². The molecular formula is C23H23N3O2S. The van der Waals surface area contributed by atoms with Crippen LogP contribution in [0.4, 0.5) is 5.69 Å². The molecule has 0 saturated carbocycles. The summed E-state index contributed by atoms with van der Waals surface area (Å²) in [6, 6.07) is 14.6. The molecular weight excluding hydrogens is 382 g/mol. The monoisotopic (exact) mass is 405 g/mol. The van der Waals surface area contributed by atoms with Gasteiger partial charge in [-0.05, 0) is 48.3 Å². The summed E-state index contributed by atoms with van der Waals surface area (Å²) in [4.78, 5) is 20.2. The number of benzene rings is 2. The number of methoxy groups -OCH3 is 1. The van der Waals surface area contributed by atoms with Crippen molar-refractivity contribution in [1.82, 2.24) is 9.88 Å². The number of H-pyrrole nitrogens is 1. The molecule has 1 aliphatic heterocycles. The molecule has 0 spiro atoms. The van der Waals surface area contributed by atoms with E-state index >= 15 is 0 Å². The number of hydrogen-bond donors (Lipinski definition) is 1. The minimum atomic E-state index is -0.0379. The molecule has 0 bridgehead atoms. The number of piperazine rings is 1. The maximum absolute atomic E-state index is 12.4. The van der Waals surface area contributed by atoms with Gasteiger partial charge in [-0.3, -0.25) is 4.79 Å². The largest absolute Gasteiger partial charge is 0.496 e. The third-order valence-electron chi connectivity index (χ3n) is 5.80. The van der Waals surface area contributed by atoms with Gasteiger partial charge in [-0.2, -0.15) is 0 Å². The van der Waals surface area contributed by atoms with Crippen molar-refractivity contribution < 1.29 is 4.74 Å². The third-order valence-corrected chi connectivity index (χ3v) is 6.71. The van der Waals surface area contributed by atoms with Crippen LogP contribution >= 0.6 is 11.3 Å². The highest BCUT2D eigenvalue weighted by Gasteiger charge is 2.18. The fourth-order valence-electron chi connectivity index (χ4n) is 4.19. The third kappa shape index (κ3) is 3.09. The summed E-state index contributed by atoms with van der Waals surface area (Å²) in [5.41, 5.74) is 4.15. The first kappa shape index (κ1) is 18.2. The van der Waals surface area contributed by atoms with Crippen molar-refractivity contribution in [3.63, 3.8) is 0 Å². The van der Waals surface area contributed by atoms with Gasteiger partial charge in [0.2, 0.25) is 0 Å².